The second-order valence-electron chi connectivity index (χ2n) is 3.25. The summed E-state index contributed by atoms with van der Waals surface area (Å²) >= 11 is 0. The molecule has 4 heteroatoms. The molecule has 1 unspecified atom stereocenters. The third-order valence-electron chi connectivity index (χ3n) is 2.12. The number of hydrogen-bond acceptors (Lipinski definition) is 4. The molecule has 0 amide bonds. The zero-order valence-electron chi connectivity index (χ0n) is 8.60. The number of hydrogen-bond donors (Lipinski definition) is 1. The molecule has 0 saturated carbocycles. The first-order valence-corrected chi connectivity index (χ1v) is 4.79. The Kier molecular flexibility index (Phi) is 4.12. The van der Waals surface area contributed by atoms with Crippen molar-refractivity contribution in [2.45, 2.75) is 12.8 Å². The van der Waals surface area contributed by atoms with Crippen molar-refractivity contribution in [3.8, 4) is 5.75 Å². The number of carbonyl (C=O) groups is 1. The number of rotatable bonds is 5. The molecule has 0 aliphatic rings. The van der Waals surface area contributed by atoms with Gasteiger partial charge in [0, 0.05) is 18.4 Å². The van der Waals surface area contributed by atoms with E-state index in [1.54, 1.807) is 31.2 Å². The topological polar surface area (TPSA) is 75.4 Å². The third-order valence-corrected chi connectivity index (χ3v) is 2.12. The lowest BCUT2D eigenvalue weighted by molar-refractivity contribution is -0.307. The van der Waals surface area contributed by atoms with Crippen LogP contribution in [0.2, 0.25) is 0 Å². The van der Waals surface area contributed by atoms with Gasteiger partial charge >= 0.3 is 0 Å². The van der Waals surface area contributed by atoms with Crippen LogP contribution in [0.5, 0.6) is 5.75 Å². The van der Waals surface area contributed by atoms with E-state index < -0.39 is 11.9 Å². The summed E-state index contributed by atoms with van der Waals surface area (Å²) in [5.74, 6) is -0.992. The first-order chi connectivity index (χ1) is 7.15. The quantitative estimate of drug-likeness (QED) is 0.731. The minimum absolute atomic E-state index is 0.454. The van der Waals surface area contributed by atoms with Gasteiger partial charge in [0.15, 0.2) is 0 Å². The van der Waals surface area contributed by atoms with Crippen molar-refractivity contribution in [2.24, 2.45) is 5.73 Å². The lowest BCUT2D eigenvalue weighted by Crippen LogP contribution is -2.27. The fourth-order valence-electron chi connectivity index (χ4n) is 1.17. The second-order valence-corrected chi connectivity index (χ2v) is 3.25. The maximum atomic E-state index is 10.6. The minimum atomic E-state index is -1.08. The molecule has 82 valence electrons. The zero-order chi connectivity index (χ0) is 11.3. The molecular weight excluding hydrogens is 194 g/mol. The van der Waals surface area contributed by atoms with Gasteiger partial charge in [-0.15, -0.1) is 0 Å². The Balaban J connectivity index is 2.67. The highest BCUT2D eigenvalue weighted by molar-refractivity contribution is 5.73. The summed E-state index contributed by atoms with van der Waals surface area (Å²) in [7, 11) is 0. The van der Waals surface area contributed by atoms with Gasteiger partial charge in [0.1, 0.15) is 12.4 Å². The number of carbonyl (C=O) groups excluding carboxylic acids is 1. The largest absolute Gasteiger partial charge is 0.550 e. The molecule has 0 radical (unpaired) electrons. The first-order valence-electron chi connectivity index (χ1n) is 4.79. The van der Waals surface area contributed by atoms with Gasteiger partial charge in [-0.3, -0.25) is 0 Å². The fourth-order valence-corrected chi connectivity index (χ4v) is 1.17. The van der Waals surface area contributed by atoms with Crippen LogP contribution in [-0.4, -0.2) is 19.1 Å². The van der Waals surface area contributed by atoms with Gasteiger partial charge in [-0.1, -0.05) is 19.1 Å². The molecule has 0 spiro atoms. The predicted octanol–water partition coefficient (Wildman–Crippen LogP) is -0.122. The number of carboxylic acid groups (broad SMARTS) is 1. The van der Waals surface area contributed by atoms with Crippen molar-refractivity contribution in [3.63, 3.8) is 0 Å². The minimum Gasteiger partial charge on any atom is -0.550 e. The van der Waals surface area contributed by atoms with E-state index >= 15 is 0 Å². The molecule has 0 saturated heterocycles. The monoisotopic (exact) mass is 208 g/mol. The lowest BCUT2D eigenvalue weighted by Gasteiger charge is -2.13. The molecular formula is C11H14NO3-. The van der Waals surface area contributed by atoms with E-state index in [9.17, 15) is 9.90 Å². The Morgan fingerprint density at radius 1 is 1.47 bits per heavy atom. The Bertz CT molecular complexity index is 321. The highest BCUT2D eigenvalue weighted by Crippen LogP contribution is 2.18. The van der Waals surface area contributed by atoms with Gasteiger partial charge < -0.3 is 20.4 Å². The normalized spacial score (nSPS) is 12.1. The van der Waals surface area contributed by atoms with Crippen molar-refractivity contribution < 1.29 is 14.6 Å². The SMILES string of the molecule is CC(C(=O)[O-])c1ccc(OCCN)cc1. The molecule has 4 nitrogen and oxygen atoms in total. The molecule has 0 heterocycles. The van der Waals surface area contributed by atoms with E-state index in [0.717, 1.165) is 0 Å². The van der Waals surface area contributed by atoms with Gasteiger partial charge in [0.2, 0.25) is 0 Å². The van der Waals surface area contributed by atoms with Crippen LogP contribution in [0.15, 0.2) is 24.3 Å². The average molecular weight is 208 g/mol. The summed E-state index contributed by atoms with van der Waals surface area (Å²) in [4.78, 5) is 10.6. The molecule has 0 aliphatic heterocycles. The summed E-state index contributed by atoms with van der Waals surface area (Å²) in [6, 6.07) is 6.88. The molecule has 1 aromatic carbocycles. The molecule has 15 heavy (non-hydrogen) atoms. The Hall–Kier alpha value is -1.55. The van der Waals surface area contributed by atoms with E-state index in [2.05, 4.69) is 0 Å². The summed E-state index contributed by atoms with van der Waals surface area (Å²) in [6.07, 6.45) is 0. The van der Waals surface area contributed by atoms with Crippen LogP contribution in [-0.2, 0) is 4.79 Å². The van der Waals surface area contributed by atoms with Crippen LogP contribution in [0.25, 0.3) is 0 Å². The molecule has 0 aromatic heterocycles. The average Bonchev–Trinajstić information content (AvgIpc) is 2.26. The predicted molar refractivity (Wildman–Crippen MR) is 54.4 cm³/mol. The van der Waals surface area contributed by atoms with Gasteiger partial charge in [-0.2, -0.15) is 0 Å². The molecule has 0 fully saturated rings. The Labute approximate surface area is 88.7 Å². The second kappa shape index (κ2) is 5.36. The number of ether oxygens (including phenoxy) is 1. The summed E-state index contributed by atoms with van der Waals surface area (Å²) < 4.78 is 5.26. The summed E-state index contributed by atoms with van der Waals surface area (Å²) in [6.45, 7) is 2.50. The number of aliphatic carboxylic acids is 1. The van der Waals surface area contributed by atoms with Crippen LogP contribution < -0.4 is 15.6 Å². The van der Waals surface area contributed by atoms with E-state index in [1.807, 2.05) is 0 Å². The van der Waals surface area contributed by atoms with Crippen molar-refractivity contribution in [1.82, 2.24) is 0 Å². The molecule has 2 N–H and O–H groups in total. The van der Waals surface area contributed by atoms with Gasteiger partial charge in [-0.25, -0.2) is 0 Å². The van der Waals surface area contributed by atoms with E-state index in [4.69, 9.17) is 10.5 Å². The van der Waals surface area contributed by atoms with Crippen molar-refractivity contribution >= 4 is 5.97 Å². The molecule has 1 rings (SSSR count). The molecule has 1 atom stereocenters. The maximum absolute atomic E-state index is 10.6. The van der Waals surface area contributed by atoms with Gasteiger partial charge in [0.25, 0.3) is 0 Å². The fraction of sp³-hybridized carbons (Fsp3) is 0.364. The number of carboxylic acids is 1. The van der Waals surface area contributed by atoms with Crippen molar-refractivity contribution in [3.05, 3.63) is 29.8 Å². The maximum Gasteiger partial charge on any atom is 0.119 e. The van der Waals surface area contributed by atoms with E-state index in [0.29, 0.717) is 24.5 Å². The van der Waals surface area contributed by atoms with Crippen molar-refractivity contribution in [1.29, 1.82) is 0 Å². The van der Waals surface area contributed by atoms with Crippen LogP contribution in [0, 0.1) is 0 Å². The van der Waals surface area contributed by atoms with Crippen LogP contribution in [0.1, 0.15) is 18.4 Å². The van der Waals surface area contributed by atoms with Crippen LogP contribution >= 0.6 is 0 Å². The zero-order valence-corrected chi connectivity index (χ0v) is 8.60. The van der Waals surface area contributed by atoms with Crippen LogP contribution in [0.4, 0.5) is 0 Å². The molecule has 0 aliphatic carbocycles. The Morgan fingerprint density at radius 3 is 2.53 bits per heavy atom. The van der Waals surface area contributed by atoms with E-state index in [1.165, 1.54) is 0 Å². The van der Waals surface area contributed by atoms with Crippen LogP contribution in [0.3, 0.4) is 0 Å². The third kappa shape index (κ3) is 3.25. The smallest absolute Gasteiger partial charge is 0.119 e. The summed E-state index contributed by atoms with van der Waals surface area (Å²) in [5.41, 5.74) is 5.99. The molecule has 0 bridgehead atoms. The van der Waals surface area contributed by atoms with Gasteiger partial charge in [-0.05, 0) is 17.7 Å². The highest BCUT2D eigenvalue weighted by Gasteiger charge is 2.05. The molecule has 1 aromatic rings. The summed E-state index contributed by atoms with van der Waals surface area (Å²) in [5, 5.41) is 10.6. The standard InChI is InChI=1S/C11H15NO3/c1-8(11(13)14)9-2-4-10(5-3-9)15-7-6-12/h2-5,8H,6-7,12H2,1H3,(H,13,14)/p-1. The van der Waals surface area contributed by atoms with E-state index in [-0.39, 0.29) is 0 Å². The first kappa shape index (κ1) is 11.5. The highest BCUT2D eigenvalue weighted by atomic mass is 16.5. The number of benzene rings is 1. The lowest BCUT2D eigenvalue weighted by atomic mass is 10.0. The number of nitrogens with two attached hydrogens (primary N) is 1. The Morgan fingerprint density at radius 2 is 2.07 bits per heavy atom. The van der Waals surface area contributed by atoms with Gasteiger partial charge in [0.05, 0.1) is 0 Å². The van der Waals surface area contributed by atoms with Crippen molar-refractivity contribution in [2.75, 3.05) is 13.2 Å².